The first-order valence-electron chi connectivity index (χ1n) is 7.38. The lowest BCUT2D eigenvalue weighted by molar-refractivity contribution is 0.0983. The maximum atomic E-state index is 11.7. The summed E-state index contributed by atoms with van der Waals surface area (Å²) in [4.78, 5) is 13.4. The Morgan fingerprint density at radius 3 is 3.05 bits per heavy atom. The lowest BCUT2D eigenvalue weighted by Crippen LogP contribution is -2.42. The predicted octanol–water partition coefficient (Wildman–Crippen LogP) is 2.60. The molecule has 0 atom stereocenters. The van der Waals surface area contributed by atoms with Gasteiger partial charge in [0.1, 0.15) is 0 Å². The molecule has 1 fully saturated rings. The summed E-state index contributed by atoms with van der Waals surface area (Å²) in [5.41, 5.74) is 2.10. The lowest BCUT2D eigenvalue weighted by Gasteiger charge is -2.32. The summed E-state index contributed by atoms with van der Waals surface area (Å²) in [6, 6.07) is 6.48. The Hall–Kier alpha value is -2.24. The van der Waals surface area contributed by atoms with Crippen LogP contribution in [0.2, 0.25) is 0 Å². The fourth-order valence-electron chi connectivity index (χ4n) is 2.73. The van der Waals surface area contributed by atoms with E-state index in [1.54, 1.807) is 4.90 Å². The smallest absolute Gasteiger partial charge is 0.409 e. The molecule has 112 valence electrons. The summed E-state index contributed by atoms with van der Waals surface area (Å²) in [5.74, 6) is 0. The van der Waals surface area contributed by atoms with E-state index in [0.717, 1.165) is 42.5 Å². The number of aromatic amines is 1. The predicted molar refractivity (Wildman–Crippen MR) is 81.3 cm³/mol. The summed E-state index contributed by atoms with van der Waals surface area (Å²) < 4.78 is 5.04. The van der Waals surface area contributed by atoms with Gasteiger partial charge in [0.25, 0.3) is 0 Å². The summed E-state index contributed by atoms with van der Waals surface area (Å²) in [6.07, 6.45) is 3.46. The van der Waals surface area contributed by atoms with Crippen molar-refractivity contribution in [3.05, 3.63) is 24.4 Å². The van der Waals surface area contributed by atoms with E-state index in [0.29, 0.717) is 12.6 Å². The largest absolute Gasteiger partial charge is 0.450 e. The van der Waals surface area contributed by atoms with Gasteiger partial charge in [-0.3, -0.25) is 5.10 Å². The van der Waals surface area contributed by atoms with Crippen molar-refractivity contribution in [1.29, 1.82) is 0 Å². The van der Waals surface area contributed by atoms with Crippen molar-refractivity contribution >= 4 is 22.7 Å². The van der Waals surface area contributed by atoms with E-state index in [-0.39, 0.29) is 6.09 Å². The molecule has 0 unspecified atom stereocenters. The van der Waals surface area contributed by atoms with Gasteiger partial charge in [0.15, 0.2) is 0 Å². The highest BCUT2D eigenvalue weighted by molar-refractivity contribution is 5.90. The molecule has 6 heteroatoms. The maximum Gasteiger partial charge on any atom is 0.409 e. The normalized spacial score (nSPS) is 16.1. The Morgan fingerprint density at radius 1 is 1.48 bits per heavy atom. The average Bonchev–Trinajstić information content (AvgIpc) is 2.98. The molecule has 0 spiro atoms. The third kappa shape index (κ3) is 2.94. The number of ether oxygens (including phenoxy) is 1. The molecule has 1 aliphatic heterocycles. The number of aromatic nitrogens is 2. The minimum Gasteiger partial charge on any atom is -0.450 e. The fraction of sp³-hybridized carbons (Fsp3) is 0.467. The van der Waals surface area contributed by atoms with E-state index in [1.807, 2.05) is 25.3 Å². The third-order valence-corrected chi connectivity index (χ3v) is 3.86. The lowest BCUT2D eigenvalue weighted by atomic mass is 10.0. The van der Waals surface area contributed by atoms with Crippen LogP contribution >= 0.6 is 0 Å². The molecule has 2 aromatic rings. The number of rotatable bonds is 3. The highest BCUT2D eigenvalue weighted by Gasteiger charge is 2.23. The molecule has 1 aliphatic rings. The Kier molecular flexibility index (Phi) is 3.94. The zero-order valence-corrected chi connectivity index (χ0v) is 12.1. The zero-order valence-electron chi connectivity index (χ0n) is 12.1. The number of anilines is 1. The maximum absolute atomic E-state index is 11.7. The number of H-pyrrole nitrogens is 1. The number of hydrogen-bond donors (Lipinski definition) is 2. The van der Waals surface area contributed by atoms with E-state index in [4.69, 9.17) is 4.74 Å². The van der Waals surface area contributed by atoms with E-state index >= 15 is 0 Å². The average molecular weight is 288 g/mol. The van der Waals surface area contributed by atoms with Crippen LogP contribution in [0.3, 0.4) is 0 Å². The number of carbonyl (C=O) groups is 1. The number of nitrogens with one attached hydrogen (secondary N) is 2. The Morgan fingerprint density at radius 2 is 2.29 bits per heavy atom. The molecule has 0 saturated carbocycles. The van der Waals surface area contributed by atoms with Gasteiger partial charge in [0.05, 0.1) is 24.0 Å². The molecule has 6 nitrogen and oxygen atoms in total. The van der Waals surface area contributed by atoms with Crippen molar-refractivity contribution in [1.82, 2.24) is 15.1 Å². The second-order valence-corrected chi connectivity index (χ2v) is 5.24. The molecule has 1 aromatic carbocycles. The monoisotopic (exact) mass is 288 g/mol. The van der Waals surface area contributed by atoms with Gasteiger partial charge in [-0.15, -0.1) is 0 Å². The van der Waals surface area contributed by atoms with Crippen LogP contribution in [0.1, 0.15) is 19.8 Å². The minimum atomic E-state index is -0.202. The van der Waals surface area contributed by atoms with E-state index in [9.17, 15) is 4.79 Å². The topological polar surface area (TPSA) is 70.2 Å². The molecule has 0 aliphatic carbocycles. The van der Waals surface area contributed by atoms with Crippen molar-refractivity contribution < 1.29 is 9.53 Å². The summed E-state index contributed by atoms with van der Waals surface area (Å²) in [7, 11) is 0. The minimum absolute atomic E-state index is 0.202. The van der Waals surface area contributed by atoms with Crippen LogP contribution in [0, 0.1) is 0 Å². The number of hydrogen-bond acceptors (Lipinski definition) is 4. The van der Waals surface area contributed by atoms with Crippen LogP contribution in [0.4, 0.5) is 10.5 Å². The fourth-order valence-corrected chi connectivity index (χ4v) is 2.73. The molecule has 0 bridgehead atoms. The third-order valence-electron chi connectivity index (χ3n) is 3.86. The van der Waals surface area contributed by atoms with Gasteiger partial charge < -0.3 is 15.0 Å². The number of fused-ring (bicyclic) bond motifs is 1. The van der Waals surface area contributed by atoms with E-state index in [1.165, 1.54) is 0 Å². The zero-order chi connectivity index (χ0) is 14.7. The van der Waals surface area contributed by atoms with E-state index < -0.39 is 0 Å². The first kappa shape index (κ1) is 13.7. The van der Waals surface area contributed by atoms with Gasteiger partial charge in [-0.1, -0.05) is 12.1 Å². The quantitative estimate of drug-likeness (QED) is 0.910. The number of piperidine rings is 1. The number of para-hydroxylation sites is 1. The number of carbonyl (C=O) groups excluding carboxylic acids is 1. The van der Waals surface area contributed by atoms with Crippen LogP contribution in [-0.2, 0) is 4.74 Å². The van der Waals surface area contributed by atoms with E-state index in [2.05, 4.69) is 21.6 Å². The number of amides is 1. The molecule has 2 N–H and O–H groups in total. The molecular formula is C15H20N4O2. The van der Waals surface area contributed by atoms with Gasteiger partial charge in [0, 0.05) is 24.5 Å². The first-order valence-corrected chi connectivity index (χ1v) is 7.38. The Labute approximate surface area is 123 Å². The molecule has 1 amide bonds. The SMILES string of the molecule is CCOC(=O)N1CCC(Nc2cccc3cn[nH]c23)CC1. The molecule has 0 radical (unpaired) electrons. The molecule has 21 heavy (non-hydrogen) atoms. The van der Waals surface area contributed by atoms with Crippen molar-refractivity contribution in [2.45, 2.75) is 25.8 Å². The molecule has 3 rings (SSSR count). The highest BCUT2D eigenvalue weighted by atomic mass is 16.6. The Bertz CT molecular complexity index is 617. The number of nitrogens with zero attached hydrogens (tertiary/aromatic N) is 2. The van der Waals surface area contributed by atoms with Gasteiger partial charge in [-0.05, 0) is 25.8 Å². The summed E-state index contributed by atoms with van der Waals surface area (Å²) in [5, 5.41) is 11.8. The summed E-state index contributed by atoms with van der Waals surface area (Å²) >= 11 is 0. The van der Waals surface area contributed by atoms with Crippen molar-refractivity contribution in [3.63, 3.8) is 0 Å². The van der Waals surface area contributed by atoms with Crippen molar-refractivity contribution in [2.75, 3.05) is 25.0 Å². The number of likely N-dealkylation sites (tertiary alicyclic amines) is 1. The van der Waals surface area contributed by atoms with Crippen LogP contribution in [-0.4, -0.2) is 46.9 Å². The molecule has 1 saturated heterocycles. The van der Waals surface area contributed by atoms with Gasteiger partial charge in [-0.2, -0.15) is 5.10 Å². The number of benzene rings is 1. The van der Waals surface area contributed by atoms with Gasteiger partial charge in [-0.25, -0.2) is 4.79 Å². The first-order chi connectivity index (χ1) is 10.3. The van der Waals surface area contributed by atoms with Gasteiger partial charge >= 0.3 is 6.09 Å². The van der Waals surface area contributed by atoms with Crippen LogP contribution in [0.5, 0.6) is 0 Å². The summed E-state index contributed by atoms with van der Waals surface area (Å²) in [6.45, 7) is 3.72. The second kappa shape index (κ2) is 6.03. The second-order valence-electron chi connectivity index (χ2n) is 5.24. The molecule has 1 aromatic heterocycles. The Balaban J connectivity index is 1.60. The highest BCUT2D eigenvalue weighted by Crippen LogP contribution is 2.23. The van der Waals surface area contributed by atoms with Crippen molar-refractivity contribution in [3.8, 4) is 0 Å². The standard InChI is InChI=1S/C15H20N4O2/c1-2-21-15(20)19-8-6-12(7-9-19)17-13-5-3-4-11-10-16-18-14(11)13/h3-5,10,12,17H,2,6-9H2,1H3,(H,16,18). The van der Waals surface area contributed by atoms with Crippen LogP contribution in [0.25, 0.3) is 10.9 Å². The van der Waals surface area contributed by atoms with Crippen molar-refractivity contribution in [2.24, 2.45) is 0 Å². The van der Waals surface area contributed by atoms with Crippen LogP contribution in [0.15, 0.2) is 24.4 Å². The molecule has 2 heterocycles. The van der Waals surface area contributed by atoms with Crippen LogP contribution < -0.4 is 5.32 Å². The molecular weight excluding hydrogens is 268 g/mol. The van der Waals surface area contributed by atoms with Gasteiger partial charge in [0.2, 0.25) is 0 Å².